The summed E-state index contributed by atoms with van der Waals surface area (Å²) in [6, 6.07) is 3.71. The Labute approximate surface area is 130 Å². The van der Waals surface area contributed by atoms with E-state index in [0.717, 1.165) is 25.4 Å². The third-order valence-corrected chi connectivity index (χ3v) is 4.97. The minimum Gasteiger partial charge on any atom is -0.375 e. The molecule has 1 saturated heterocycles. The molecule has 0 unspecified atom stereocenters. The molecule has 5 nitrogen and oxygen atoms in total. The Morgan fingerprint density at radius 2 is 2.09 bits per heavy atom. The quantitative estimate of drug-likeness (QED) is 0.852. The molecule has 1 aliphatic heterocycles. The van der Waals surface area contributed by atoms with Crippen LogP contribution in [0.5, 0.6) is 0 Å². The molecule has 3 atom stereocenters. The zero-order chi connectivity index (χ0) is 14.9. The highest BCUT2D eigenvalue weighted by molar-refractivity contribution is 5.94. The van der Waals surface area contributed by atoms with E-state index < -0.39 is 0 Å². The van der Waals surface area contributed by atoms with Gasteiger partial charge in [0.15, 0.2) is 0 Å². The number of pyridine rings is 1. The van der Waals surface area contributed by atoms with E-state index in [1.54, 1.807) is 24.5 Å². The number of ether oxygens (including phenoxy) is 2. The van der Waals surface area contributed by atoms with Crippen molar-refractivity contribution in [3.8, 4) is 0 Å². The number of carbonyl (C=O) groups is 1. The van der Waals surface area contributed by atoms with Gasteiger partial charge in [-0.15, -0.1) is 0 Å². The van der Waals surface area contributed by atoms with Crippen molar-refractivity contribution in [2.45, 2.75) is 43.9 Å². The van der Waals surface area contributed by atoms with Crippen molar-refractivity contribution in [3.05, 3.63) is 30.1 Å². The Hall–Kier alpha value is -1.46. The zero-order valence-corrected chi connectivity index (χ0v) is 12.7. The van der Waals surface area contributed by atoms with Crippen LogP contribution in [0.15, 0.2) is 24.5 Å². The third kappa shape index (κ3) is 2.75. The molecule has 0 bridgehead atoms. The molecule has 0 N–H and O–H groups in total. The largest absolute Gasteiger partial charge is 0.375 e. The second-order valence-corrected chi connectivity index (χ2v) is 6.53. The second kappa shape index (κ2) is 5.97. The van der Waals surface area contributed by atoms with Crippen LogP contribution in [0, 0.1) is 5.92 Å². The smallest absolute Gasteiger partial charge is 0.254 e. The van der Waals surface area contributed by atoms with Crippen LogP contribution in [0.25, 0.3) is 0 Å². The normalized spacial score (nSPS) is 31.1. The summed E-state index contributed by atoms with van der Waals surface area (Å²) in [7, 11) is 0. The first-order valence-electron chi connectivity index (χ1n) is 8.27. The predicted octanol–water partition coefficient (Wildman–Crippen LogP) is 1.88. The molecule has 118 valence electrons. The third-order valence-electron chi connectivity index (χ3n) is 4.97. The van der Waals surface area contributed by atoms with Crippen molar-refractivity contribution >= 4 is 5.91 Å². The number of carbonyl (C=O) groups excluding carboxylic acids is 1. The van der Waals surface area contributed by atoms with E-state index in [0.29, 0.717) is 18.7 Å². The summed E-state index contributed by atoms with van der Waals surface area (Å²) in [5, 5.41) is 0. The minimum absolute atomic E-state index is 0.0401. The van der Waals surface area contributed by atoms with Gasteiger partial charge in [0, 0.05) is 31.1 Å². The van der Waals surface area contributed by atoms with Gasteiger partial charge in [-0.3, -0.25) is 9.78 Å². The molecule has 5 heteroatoms. The standard InChI is InChI=1S/C17H22N2O3/c20-17(13-5-7-18-8-6-13)19-9-10-21-16-14(19)3-4-15(16)22-11-12-1-2-12/h5-8,12,14-16H,1-4,9-11H2/t14-,15-,16+/m0/s1. The number of amides is 1. The molecule has 4 rings (SSSR count). The van der Waals surface area contributed by atoms with E-state index in [2.05, 4.69) is 4.98 Å². The lowest BCUT2D eigenvalue weighted by atomic mass is 10.1. The second-order valence-electron chi connectivity index (χ2n) is 6.53. The Morgan fingerprint density at radius 3 is 2.86 bits per heavy atom. The summed E-state index contributed by atoms with van der Waals surface area (Å²) in [6.07, 6.45) is 8.08. The first-order chi connectivity index (χ1) is 10.8. The maximum Gasteiger partial charge on any atom is 0.254 e. The number of rotatable bonds is 4. The van der Waals surface area contributed by atoms with Crippen molar-refractivity contribution < 1.29 is 14.3 Å². The number of hydrogen-bond acceptors (Lipinski definition) is 4. The van der Waals surface area contributed by atoms with E-state index in [1.807, 2.05) is 4.90 Å². The van der Waals surface area contributed by atoms with Gasteiger partial charge in [-0.2, -0.15) is 0 Å². The number of aromatic nitrogens is 1. The maximum atomic E-state index is 12.7. The maximum absolute atomic E-state index is 12.7. The Kier molecular flexibility index (Phi) is 3.84. The van der Waals surface area contributed by atoms with Crippen LogP contribution in [0.4, 0.5) is 0 Å². The van der Waals surface area contributed by atoms with E-state index in [-0.39, 0.29) is 24.2 Å². The molecule has 1 aromatic rings. The summed E-state index contributed by atoms with van der Waals surface area (Å²) >= 11 is 0. The fourth-order valence-electron chi connectivity index (χ4n) is 3.55. The van der Waals surface area contributed by atoms with Gasteiger partial charge in [0.05, 0.1) is 18.8 Å². The van der Waals surface area contributed by atoms with Gasteiger partial charge in [0.25, 0.3) is 5.91 Å². The first-order valence-corrected chi connectivity index (χ1v) is 8.27. The van der Waals surface area contributed by atoms with Crippen molar-refractivity contribution in [1.29, 1.82) is 0 Å². The van der Waals surface area contributed by atoms with Gasteiger partial charge >= 0.3 is 0 Å². The molecule has 0 spiro atoms. The minimum atomic E-state index is 0.0401. The highest BCUT2D eigenvalue weighted by Gasteiger charge is 2.45. The molecule has 3 aliphatic rings. The fraction of sp³-hybridized carbons (Fsp3) is 0.647. The van der Waals surface area contributed by atoms with Gasteiger partial charge in [-0.05, 0) is 43.7 Å². The van der Waals surface area contributed by atoms with Crippen LogP contribution in [0.1, 0.15) is 36.0 Å². The molecular formula is C17H22N2O3. The fourth-order valence-corrected chi connectivity index (χ4v) is 3.55. The topological polar surface area (TPSA) is 51.7 Å². The van der Waals surface area contributed by atoms with Crippen LogP contribution in [0.3, 0.4) is 0 Å². The summed E-state index contributed by atoms with van der Waals surface area (Å²) in [6.45, 7) is 2.12. The lowest BCUT2D eigenvalue weighted by Gasteiger charge is -2.39. The molecule has 0 radical (unpaired) electrons. The van der Waals surface area contributed by atoms with Gasteiger partial charge in [0.1, 0.15) is 6.10 Å². The summed E-state index contributed by atoms with van der Waals surface area (Å²) in [4.78, 5) is 18.7. The lowest BCUT2D eigenvalue weighted by molar-refractivity contribution is -0.106. The van der Waals surface area contributed by atoms with E-state index in [1.165, 1.54) is 12.8 Å². The SMILES string of the molecule is O=C(c1ccncc1)N1CCO[C@H]2[C@@H](OCC3CC3)CC[C@@H]21. The van der Waals surface area contributed by atoms with Gasteiger partial charge < -0.3 is 14.4 Å². The molecule has 22 heavy (non-hydrogen) atoms. The molecule has 0 aromatic carbocycles. The molecular weight excluding hydrogens is 280 g/mol. The Bertz CT molecular complexity index is 532. The molecule has 1 aromatic heterocycles. The number of fused-ring (bicyclic) bond motifs is 1. The molecule has 2 heterocycles. The van der Waals surface area contributed by atoms with Crippen LogP contribution in [-0.4, -0.2) is 53.8 Å². The number of nitrogens with zero attached hydrogens (tertiary/aromatic N) is 2. The molecule has 1 amide bonds. The highest BCUT2D eigenvalue weighted by atomic mass is 16.5. The Morgan fingerprint density at radius 1 is 1.27 bits per heavy atom. The first kappa shape index (κ1) is 14.2. The van der Waals surface area contributed by atoms with Gasteiger partial charge in [-0.25, -0.2) is 0 Å². The molecule has 2 aliphatic carbocycles. The highest BCUT2D eigenvalue weighted by Crippen LogP contribution is 2.35. The summed E-state index contributed by atoms with van der Waals surface area (Å²) < 4.78 is 12.0. The lowest BCUT2D eigenvalue weighted by Crippen LogP contribution is -2.53. The van der Waals surface area contributed by atoms with E-state index >= 15 is 0 Å². The van der Waals surface area contributed by atoms with Crippen LogP contribution in [0.2, 0.25) is 0 Å². The average molecular weight is 302 g/mol. The van der Waals surface area contributed by atoms with Crippen LogP contribution in [-0.2, 0) is 9.47 Å². The van der Waals surface area contributed by atoms with Crippen molar-refractivity contribution in [1.82, 2.24) is 9.88 Å². The van der Waals surface area contributed by atoms with Crippen LogP contribution >= 0.6 is 0 Å². The average Bonchev–Trinajstić information content (AvgIpc) is 3.31. The van der Waals surface area contributed by atoms with Crippen LogP contribution < -0.4 is 0 Å². The molecule has 3 fully saturated rings. The van der Waals surface area contributed by atoms with E-state index in [9.17, 15) is 4.79 Å². The summed E-state index contributed by atoms with van der Waals surface area (Å²) in [5.74, 6) is 0.848. The van der Waals surface area contributed by atoms with Gasteiger partial charge in [0.2, 0.25) is 0 Å². The zero-order valence-electron chi connectivity index (χ0n) is 12.7. The van der Waals surface area contributed by atoms with Crippen molar-refractivity contribution in [2.24, 2.45) is 5.92 Å². The predicted molar refractivity (Wildman–Crippen MR) is 80.5 cm³/mol. The van der Waals surface area contributed by atoms with Crippen molar-refractivity contribution in [2.75, 3.05) is 19.8 Å². The number of hydrogen-bond donors (Lipinski definition) is 0. The van der Waals surface area contributed by atoms with Crippen molar-refractivity contribution in [3.63, 3.8) is 0 Å². The number of morpholine rings is 1. The van der Waals surface area contributed by atoms with Gasteiger partial charge in [-0.1, -0.05) is 0 Å². The summed E-state index contributed by atoms with van der Waals surface area (Å²) in [5.41, 5.74) is 0.706. The monoisotopic (exact) mass is 302 g/mol. The molecule has 2 saturated carbocycles. The Balaban J connectivity index is 1.44. The van der Waals surface area contributed by atoms with E-state index in [4.69, 9.17) is 9.47 Å².